The minimum absolute atomic E-state index is 0.0578. The number of halogens is 1. The van der Waals surface area contributed by atoms with Crippen LogP contribution in [0.3, 0.4) is 0 Å². The Hall–Kier alpha value is -4.85. The third-order valence-electron chi connectivity index (χ3n) is 11.8. The first kappa shape index (κ1) is 45.2. The second-order valence-electron chi connectivity index (χ2n) is 15.4. The summed E-state index contributed by atoms with van der Waals surface area (Å²) >= 11 is 6.26. The number of hydrogen-bond acceptors (Lipinski definition) is 11. The molecule has 1 saturated heterocycles. The van der Waals surface area contributed by atoms with Gasteiger partial charge in [0, 0.05) is 55.7 Å². The summed E-state index contributed by atoms with van der Waals surface area (Å²) in [6.45, 7) is 5.59. The van der Waals surface area contributed by atoms with E-state index >= 15 is 0 Å². The number of ether oxygens (including phenoxy) is 9. The number of benzene rings is 3. The molecule has 2 atom stereocenters. The molecule has 322 valence electrons. The predicted octanol–water partition coefficient (Wildman–Crippen LogP) is 6.83. The van der Waals surface area contributed by atoms with Crippen LogP contribution in [-0.4, -0.2) is 124 Å². The average Bonchev–Trinajstić information content (AvgIpc) is 3.71. The lowest BCUT2D eigenvalue weighted by molar-refractivity contribution is -0.941. The number of nitrogens with zero attached hydrogens (tertiary/aromatic N) is 2. The van der Waals surface area contributed by atoms with Gasteiger partial charge in [-0.25, -0.2) is 9.59 Å². The maximum Gasteiger partial charge on any atom is 0.350 e. The Bertz CT molecular complexity index is 1920. The average molecular weight is 841 g/mol. The Kier molecular flexibility index (Phi) is 16.0. The van der Waals surface area contributed by atoms with Gasteiger partial charge in [0.1, 0.15) is 17.6 Å². The largest absolute Gasteiger partial charge is 0.493 e. The molecule has 3 aromatic carbocycles. The first-order chi connectivity index (χ1) is 28.4. The zero-order chi connectivity index (χ0) is 42.6. The van der Waals surface area contributed by atoms with Crippen LogP contribution in [0.2, 0.25) is 0 Å². The first-order valence-electron chi connectivity index (χ1n) is 20.1. The second kappa shape index (κ2) is 20.9. The molecule has 1 fully saturated rings. The zero-order valence-corrected chi connectivity index (χ0v) is 36.6. The van der Waals surface area contributed by atoms with E-state index in [0.717, 1.165) is 86.6 Å². The number of carbonyl (C=O) groups is 2. The summed E-state index contributed by atoms with van der Waals surface area (Å²) in [6.07, 6.45) is 6.06. The van der Waals surface area contributed by atoms with Crippen molar-refractivity contribution in [3.05, 3.63) is 75.8 Å². The molecule has 5 rings (SSSR count). The molecular formula is C45H61ClN2O11+2. The van der Waals surface area contributed by atoms with Crippen molar-refractivity contribution in [2.45, 2.75) is 51.1 Å². The van der Waals surface area contributed by atoms with Crippen LogP contribution >= 0.6 is 11.6 Å². The quantitative estimate of drug-likeness (QED) is 0.0487. The molecule has 59 heavy (non-hydrogen) atoms. The van der Waals surface area contributed by atoms with E-state index in [2.05, 4.69) is 25.2 Å². The number of carbonyl (C=O) groups excluding carboxylic acids is 2. The van der Waals surface area contributed by atoms with Gasteiger partial charge in [0.25, 0.3) is 0 Å². The minimum atomic E-state index is -0.763. The normalized spacial score (nSPS) is 18.3. The van der Waals surface area contributed by atoms with Crippen molar-refractivity contribution in [2.24, 2.45) is 0 Å². The summed E-state index contributed by atoms with van der Waals surface area (Å²) in [4.78, 5) is 25.5. The summed E-state index contributed by atoms with van der Waals surface area (Å²) in [5, 5.41) is -0.319. The van der Waals surface area contributed by atoms with Gasteiger partial charge in [-0.05, 0) is 47.5 Å². The molecule has 0 bridgehead atoms. The number of hydrogen-bond donors (Lipinski definition) is 0. The van der Waals surface area contributed by atoms with Gasteiger partial charge >= 0.3 is 11.9 Å². The van der Waals surface area contributed by atoms with Gasteiger partial charge in [-0.15, -0.1) is 0 Å². The number of methoxy groups -OCH3 is 7. The molecular weight excluding hydrogens is 780 g/mol. The number of likely N-dealkylation sites (tertiary alicyclic amines) is 1. The van der Waals surface area contributed by atoms with Crippen LogP contribution in [0.25, 0.3) is 0 Å². The van der Waals surface area contributed by atoms with E-state index in [1.165, 1.54) is 11.1 Å². The minimum Gasteiger partial charge on any atom is -0.493 e. The van der Waals surface area contributed by atoms with Gasteiger partial charge in [0.15, 0.2) is 34.5 Å². The molecule has 2 aliphatic heterocycles. The third-order valence-corrected chi connectivity index (χ3v) is 12.1. The molecule has 0 radical (unpaired) electrons. The monoisotopic (exact) mass is 840 g/mol. The van der Waals surface area contributed by atoms with Crippen molar-refractivity contribution < 1.29 is 61.2 Å². The Balaban J connectivity index is 1.15. The van der Waals surface area contributed by atoms with Crippen LogP contribution in [0, 0.1) is 0 Å². The third kappa shape index (κ3) is 11.1. The van der Waals surface area contributed by atoms with Crippen molar-refractivity contribution in [1.82, 2.24) is 0 Å². The van der Waals surface area contributed by atoms with E-state index < -0.39 is 11.9 Å². The van der Waals surface area contributed by atoms with Crippen LogP contribution in [0.1, 0.15) is 54.0 Å². The van der Waals surface area contributed by atoms with E-state index in [9.17, 15) is 9.59 Å². The molecule has 14 heteroatoms. The topological polar surface area (TPSA) is 117 Å². The molecule has 13 nitrogen and oxygen atoms in total. The lowest BCUT2D eigenvalue weighted by Gasteiger charge is -2.46. The van der Waals surface area contributed by atoms with Crippen molar-refractivity contribution in [3.63, 3.8) is 0 Å². The maximum atomic E-state index is 12.9. The van der Waals surface area contributed by atoms with E-state index in [1.807, 2.05) is 24.3 Å². The first-order valence-corrected chi connectivity index (χ1v) is 20.5. The molecule has 3 aromatic rings. The van der Waals surface area contributed by atoms with Crippen LogP contribution in [-0.2, 0) is 38.4 Å². The Morgan fingerprint density at radius 3 is 1.88 bits per heavy atom. The SMILES string of the molecule is COc1ccc(C[C@@H]2c3cc(OC)c(OC)cc3CC[N@@+]2(C)CCCOC(=O)/C(Cl)=C/C(=O)OCCC[N+]2(Cc3cc(OC)c(OC)c(OC)c3)CCCC2)cc1OC. The van der Waals surface area contributed by atoms with Crippen molar-refractivity contribution in [2.75, 3.05) is 103 Å². The van der Waals surface area contributed by atoms with Crippen LogP contribution in [0.4, 0.5) is 0 Å². The van der Waals surface area contributed by atoms with Gasteiger partial charge in [0.2, 0.25) is 5.75 Å². The standard InChI is InChI=1S/C45H61ClN2O11/c1-47(20-15-33-27-39(53-4)40(54-5)28-34(33)36(47)23-31-13-14-37(51-2)38(24-31)52-3)16-11-22-59-45(50)35(46)29-43(49)58-21-12-19-48(17-9-10-18-48)30-32-25-41(55-6)44(57-8)42(26-32)56-7/h13-14,24-29,36H,9-12,15-23,30H2,1-8H3/q+2/b35-29-/t36-,47-/m1/s1. The molecule has 2 aliphatic rings. The number of rotatable bonds is 21. The summed E-state index contributed by atoms with van der Waals surface area (Å²) in [5.74, 6) is 3.09. The summed E-state index contributed by atoms with van der Waals surface area (Å²) < 4.78 is 51.7. The Morgan fingerprint density at radius 2 is 1.25 bits per heavy atom. The highest BCUT2D eigenvalue weighted by atomic mass is 35.5. The Labute approximate surface area is 353 Å². The smallest absolute Gasteiger partial charge is 0.350 e. The molecule has 0 aromatic heterocycles. The van der Waals surface area contributed by atoms with Crippen LogP contribution < -0.4 is 33.2 Å². The summed E-state index contributed by atoms with van der Waals surface area (Å²) in [5.41, 5.74) is 4.58. The second-order valence-corrected chi connectivity index (χ2v) is 15.8. The summed E-state index contributed by atoms with van der Waals surface area (Å²) in [6, 6.07) is 14.2. The van der Waals surface area contributed by atoms with E-state index in [1.54, 1.807) is 49.8 Å². The van der Waals surface area contributed by atoms with Gasteiger partial charge in [-0.2, -0.15) is 0 Å². The fourth-order valence-corrected chi connectivity index (χ4v) is 8.82. The highest BCUT2D eigenvalue weighted by Gasteiger charge is 2.40. The summed E-state index contributed by atoms with van der Waals surface area (Å²) in [7, 11) is 13.6. The number of likely N-dealkylation sites (N-methyl/N-ethyl adjacent to an activating group) is 1. The fraction of sp³-hybridized carbons (Fsp3) is 0.511. The van der Waals surface area contributed by atoms with Crippen molar-refractivity contribution in [1.29, 1.82) is 0 Å². The number of quaternary nitrogens is 2. The zero-order valence-electron chi connectivity index (χ0n) is 35.9. The van der Waals surface area contributed by atoms with Gasteiger partial charge in [-0.1, -0.05) is 17.7 Å². The van der Waals surface area contributed by atoms with Crippen LogP contribution in [0.15, 0.2) is 53.6 Å². The molecule has 0 unspecified atom stereocenters. The lowest BCUT2D eigenvalue weighted by atomic mass is 9.86. The molecule has 0 spiro atoms. The lowest BCUT2D eigenvalue weighted by Crippen LogP contribution is -2.52. The van der Waals surface area contributed by atoms with E-state index in [0.29, 0.717) is 57.6 Å². The van der Waals surface area contributed by atoms with E-state index in [-0.39, 0.29) is 24.3 Å². The van der Waals surface area contributed by atoms with Gasteiger partial charge in [-0.3, -0.25) is 0 Å². The highest BCUT2D eigenvalue weighted by molar-refractivity contribution is 6.42. The van der Waals surface area contributed by atoms with Crippen molar-refractivity contribution in [3.8, 4) is 40.2 Å². The molecule has 0 amide bonds. The number of fused-ring (bicyclic) bond motifs is 1. The predicted molar refractivity (Wildman–Crippen MR) is 224 cm³/mol. The fourth-order valence-electron chi connectivity index (χ4n) is 8.68. The molecule has 0 aliphatic carbocycles. The Morgan fingerprint density at radius 1 is 0.678 bits per heavy atom. The van der Waals surface area contributed by atoms with Crippen molar-refractivity contribution >= 4 is 23.5 Å². The van der Waals surface area contributed by atoms with Gasteiger partial charge in [0.05, 0.1) is 103 Å². The maximum absolute atomic E-state index is 12.9. The van der Waals surface area contributed by atoms with Crippen LogP contribution in [0.5, 0.6) is 40.2 Å². The molecule has 2 heterocycles. The number of esters is 2. The molecule has 0 N–H and O–H groups in total. The molecule has 0 saturated carbocycles. The van der Waals surface area contributed by atoms with Gasteiger partial charge < -0.3 is 51.6 Å². The van der Waals surface area contributed by atoms with E-state index in [4.69, 9.17) is 54.2 Å². The highest BCUT2D eigenvalue weighted by Crippen LogP contribution is 2.44.